The van der Waals surface area contributed by atoms with Crippen LogP contribution in [0.2, 0.25) is 0 Å². The van der Waals surface area contributed by atoms with Gasteiger partial charge in [-0.1, -0.05) is 0 Å². The summed E-state index contributed by atoms with van der Waals surface area (Å²) in [5, 5.41) is 12.9. The molecule has 1 aromatic rings. The van der Waals surface area contributed by atoms with Crippen LogP contribution in [0.3, 0.4) is 0 Å². The van der Waals surface area contributed by atoms with Crippen LogP contribution in [-0.4, -0.2) is 45.9 Å². The van der Waals surface area contributed by atoms with Crippen LogP contribution < -0.4 is 0 Å². The number of likely N-dealkylation sites (tertiary alicyclic amines) is 1. The highest BCUT2D eigenvalue weighted by atomic mass is 16.4. The van der Waals surface area contributed by atoms with Gasteiger partial charge in [0.15, 0.2) is 5.69 Å². The zero-order valence-electron chi connectivity index (χ0n) is 9.68. The van der Waals surface area contributed by atoms with Crippen molar-refractivity contribution in [2.24, 2.45) is 7.05 Å². The Bertz CT molecular complexity index is 400. The fourth-order valence-corrected chi connectivity index (χ4v) is 2.38. The van der Waals surface area contributed by atoms with E-state index in [1.165, 1.54) is 0 Å². The summed E-state index contributed by atoms with van der Waals surface area (Å²) >= 11 is 0. The molecule has 1 aliphatic rings. The largest absolute Gasteiger partial charge is 0.476 e. The Balaban J connectivity index is 2.22. The maximum Gasteiger partial charge on any atom is 0.356 e. The van der Waals surface area contributed by atoms with Crippen molar-refractivity contribution in [3.8, 4) is 0 Å². The molecule has 1 aromatic heterocycles. The lowest BCUT2D eigenvalue weighted by Gasteiger charge is -2.29. The van der Waals surface area contributed by atoms with Crippen molar-refractivity contribution in [3.05, 3.63) is 17.5 Å². The molecule has 5 heteroatoms. The summed E-state index contributed by atoms with van der Waals surface area (Å²) in [4.78, 5) is 13.1. The van der Waals surface area contributed by atoms with E-state index >= 15 is 0 Å². The predicted octanol–water partition coefficient (Wildman–Crippen LogP) is 0.927. The van der Waals surface area contributed by atoms with Crippen molar-refractivity contribution >= 4 is 5.97 Å². The Morgan fingerprint density at radius 1 is 1.56 bits per heavy atom. The van der Waals surface area contributed by atoms with Gasteiger partial charge < -0.3 is 10.0 Å². The van der Waals surface area contributed by atoms with Gasteiger partial charge in [0.1, 0.15) is 0 Å². The van der Waals surface area contributed by atoms with Crippen molar-refractivity contribution in [1.29, 1.82) is 0 Å². The van der Waals surface area contributed by atoms with E-state index in [0.29, 0.717) is 5.92 Å². The van der Waals surface area contributed by atoms with Crippen molar-refractivity contribution in [1.82, 2.24) is 14.7 Å². The summed E-state index contributed by atoms with van der Waals surface area (Å²) in [5.41, 5.74) is 1.18. The minimum atomic E-state index is -0.953. The minimum absolute atomic E-state index is 0.144. The zero-order valence-corrected chi connectivity index (χ0v) is 9.68. The number of carbonyl (C=O) groups is 1. The fourth-order valence-electron chi connectivity index (χ4n) is 2.38. The smallest absolute Gasteiger partial charge is 0.356 e. The van der Waals surface area contributed by atoms with Crippen LogP contribution in [0.25, 0.3) is 0 Å². The summed E-state index contributed by atoms with van der Waals surface area (Å²) < 4.78 is 1.70. The Kier molecular flexibility index (Phi) is 2.96. The highest BCUT2D eigenvalue weighted by molar-refractivity contribution is 5.85. The molecule has 1 saturated heterocycles. The molecular weight excluding hydrogens is 206 g/mol. The second kappa shape index (κ2) is 4.25. The molecule has 0 aliphatic carbocycles. The van der Waals surface area contributed by atoms with Gasteiger partial charge in [-0.15, -0.1) is 0 Å². The third kappa shape index (κ3) is 2.09. The summed E-state index contributed by atoms with van der Waals surface area (Å²) in [6.07, 6.45) is 2.28. The number of carboxylic acids is 1. The number of aromatic carboxylic acids is 1. The van der Waals surface area contributed by atoms with Gasteiger partial charge in [0.05, 0.1) is 0 Å². The first-order valence-electron chi connectivity index (χ1n) is 5.53. The van der Waals surface area contributed by atoms with E-state index in [4.69, 9.17) is 5.11 Å². The normalized spacial score (nSPS) is 22.2. The molecule has 1 N–H and O–H groups in total. The van der Waals surface area contributed by atoms with Gasteiger partial charge in [-0.25, -0.2) is 4.79 Å². The first kappa shape index (κ1) is 11.1. The van der Waals surface area contributed by atoms with E-state index in [1.54, 1.807) is 10.7 Å². The van der Waals surface area contributed by atoms with Crippen LogP contribution in [0.5, 0.6) is 0 Å². The quantitative estimate of drug-likeness (QED) is 0.810. The SMILES string of the molecule is CN1CCCC(c2cc(C(=O)O)nn2C)C1. The molecule has 1 fully saturated rings. The number of aromatic nitrogens is 2. The van der Waals surface area contributed by atoms with Crippen LogP contribution in [0.4, 0.5) is 0 Å². The van der Waals surface area contributed by atoms with Gasteiger partial charge in [-0.3, -0.25) is 4.68 Å². The summed E-state index contributed by atoms with van der Waals surface area (Å²) in [5.74, 6) is -0.546. The number of hydrogen-bond donors (Lipinski definition) is 1. The Morgan fingerprint density at radius 2 is 2.31 bits per heavy atom. The van der Waals surface area contributed by atoms with Crippen LogP contribution in [0.1, 0.15) is 34.9 Å². The Hall–Kier alpha value is -1.36. The van der Waals surface area contributed by atoms with Gasteiger partial charge in [0.2, 0.25) is 0 Å². The van der Waals surface area contributed by atoms with E-state index in [0.717, 1.165) is 31.6 Å². The zero-order chi connectivity index (χ0) is 11.7. The maximum atomic E-state index is 10.8. The lowest BCUT2D eigenvalue weighted by molar-refractivity contribution is 0.0689. The molecule has 1 aliphatic heterocycles. The Morgan fingerprint density at radius 3 is 2.88 bits per heavy atom. The lowest BCUT2D eigenvalue weighted by atomic mass is 9.95. The van der Waals surface area contributed by atoms with Gasteiger partial charge >= 0.3 is 5.97 Å². The number of rotatable bonds is 2. The molecule has 2 rings (SSSR count). The number of likely N-dealkylation sites (N-methyl/N-ethyl adjacent to an activating group) is 1. The van der Waals surface area contributed by atoms with Crippen LogP contribution >= 0.6 is 0 Å². The molecule has 0 aromatic carbocycles. The standard InChI is InChI=1S/C11H17N3O2/c1-13-5-3-4-8(7-13)10-6-9(11(15)16)12-14(10)2/h6,8H,3-5,7H2,1-2H3,(H,15,16). The third-order valence-corrected chi connectivity index (χ3v) is 3.18. The van der Waals surface area contributed by atoms with Crippen molar-refractivity contribution in [2.75, 3.05) is 20.1 Å². The van der Waals surface area contributed by atoms with E-state index < -0.39 is 5.97 Å². The minimum Gasteiger partial charge on any atom is -0.476 e. The number of carboxylic acid groups (broad SMARTS) is 1. The second-order valence-electron chi connectivity index (χ2n) is 4.48. The molecule has 1 atom stereocenters. The number of nitrogens with zero attached hydrogens (tertiary/aromatic N) is 3. The maximum absolute atomic E-state index is 10.8. The van der Waals surface area contributed by atoms with Crippen molar-refractivity contribution in [2.45, 2.75) is 18.8 Å². The molecule has 0 spiro atoms. The van der Waals surface area contributed by atoms with Crippen LogP contribution in [0.15, 0.2) is 6.07 Å². The number of piperidine rings is 1. The third-order valence-electron chi connectivity index (χ3n) is 3.18. The molecule has 16 heavy (non-hydrogen) atoms. The highest BCUT2D eigenvalue weighted by Gasteiger charge is 2.23. The highest BCUT2D eigenvalue weighted by Crippen LogP contribution is 2.26. The average molecular weight is 223 g/mol. The average Bonchev–Trinajstić information content (AvgIpc) is 2.60. The summed E-state index contributed by atoms with van der Waals surface area (Å²) in [6, 6.07) is 1.70. The van der Waals surface area contributed by atoms with E-state index in [1.807, 2.05) is 7.05 Å². The predicted molar refractivity (Wildman–Crippen MR) is 59.6 cm³/mol. The van der Waals surface area contributed by atoms with Gasteiger partial charge in [0.25, 0.3) is 0 Å². The fraction of sp³-hybridized carbons (Fsp3) is 0.636. The van der Waals surface area contributed by atoms with Crippen molar-refractivity contribution in [3.63, 3.8) is 0 Å². The molecular formula is C11H17N3O2. The first-order chi connectivity index (χ1) is 7.58. The van der Waals surface area contributed by atoms with E-state index in [2.05, 4.69) is 17.0 Å². The molecule has 88 valence electrons. The first-order valence-corrected chi connectivity index (χ1v) is 5.53. The lowest BCUT2D eigenvalue weighted by Crippen LogP contribution is -2.31. The molecule has 0 amide bonds. The van der Waals surface area contributed by atoms with Crippen LogP contribution in [-0.2, 0) is 7.05 Å². The van der Waals surface area contributed by atoms with Gasteiger partial charge in [-0.2, -0.15) is 5.10 Å². The molecule has 5 nitrogen and oxygen atoms in total. The van der Waals surface area contributed by atoms with E-state index in [9.17, 15) is 4.79 Å². The second-order valence-corrected chi connectivity index (χ2v) is 4.48. The molecule has 0 bridgehead atoms. The molecule has 1 unspecified atom stereocenters. The molecule has 0 radical (unpaired) electrons. The summed E-state index contributed by atoms with van der Waals surface area (Å²) in [6.45, 7) is 2.11. The molecule has 0 saturated carbocycles. The number of aryl methyl sites for hydroxylation is 1. The molecule has 2 heterocycles. The number of hydrogen-bond acceptors (Lipinski definition) is 3. The summed E-state index contributed by atoms with van der Waals surface area (Å²) in [7, 11) is 3.91. The van der Waals surface area contributed by atoms with Gasteiger partial charge in [0, 0.05) is 25.2 Å². The topological polar surface area (TPSA) is 58.4 Å². The van der Waals surface area contributed by atoms with E-state index in [-0.39, 0.29) is 5.69 Å². The van der Waals surface area contributed by atoms with Gasteiger partial charge in [-0.05, 0) is 32.5 Å². The Labute approximate surface area is 94.7 Å². The van der Waals surface area contributed by atoms with Crippen molar-refractivity contribution < 1.29 is 9.90 Å². The monoisotopic (exact) mass is 223 g/mol. The van der Waals surface area contributed by atoms with Crippen LogP contribution in [0, 0.1) is 0 Å².